The number of aliphatic carboxylic acids is 1. The van der Waals surface area contributed by atoms with Crippen LogP contribution in [0.4, 0.5) is 26.7 Å². The van der Waals surface area contributed by atoms with E-state index in [4.69, 9.17) is 9.84 Å². The second-order valence-electron chi connectivity index (χ2n) is 6.85. The maximum absolute atomic E-state index is 13.8. The number of ether oxygens (including phenoxy) is 1. The molecule has 1 aromatic carbocycles. The Labute approximate surface area is 162 Å². The van der Waals surface area contributed by atoms with Gasteiger partial charge in [-0.15, -0.1) is 0 Å². The standard InChI is InChI=1S/C17H19F5N2O5/c1-17(2,3)29-16(28)23-5-4-6-24(7-8(25)26)15(27)9-10(18)12(20)14(22)13(21)11(9)19/h4-7H2,1-3H3,(H,23,28)(H,25,26). The fourth-order valence-electron chi connectivity index (χ4n) is 2.14. The molecule has 0 spiro atoms. The summed E-state index contributed by atoms with van der Waals surface area (Å²) in [5.74, 6) is -15.1. The monoisotopic (exact) mass is 426 g/mol. The minimum absolute atomic E-state index is 0.0896. The van der Waals surface area contributed by atoms with Gasteiger partial charge in [0.15, 0.2) is 23.3 Å². The first kappa shape index (κ1) is 24.1. The van der Waals surface area contributed by atoms with Gasteiger partial charge < -0.3 is 20.1 Å². The van der Waals surface area contributed by atoms with E-state index >= 15 is 0 Å². The number of carboxylic acids is 1. The van der Waals surface area contributed by atoms with Gasteiger partial charge in [-0.05, 0) is 27.2 Å². The summed E-state index contributed by atoms with van der Waals surface area (Å²) in [5, 5.41) is 11.2. The van der Waals surface area contributed by atoms with Crippen LogP contribution in [0.5, 0.6) is 0 Å². The van der Waals surface area contributed by atoms with Gasteiger partial charge >= 0.3 is 12.1 Å². The van der Waals surface area contributed by atoms with Crippen molar-refractivity contribution < 1.29 is 46.2 Å². The Morgan fingerprint density at radius 1 is 0.966 bits per heavy atom. The quantitative estimate of drug-likeness (QED) is 0.303. The van der Waals surface area contributed by atoms with Crippen molar-refractivity contribution in [3.8, 4) is 0 Å². The van der Waals surface area contributed by atoms with Gasteiger partial charge in [0.2, 0.25) is 5.82 Å². The van der Waals surface area contributed by atoms with Crippen LogP contribution in [0.3, 0.4) is 0 Å². The number of carbonyl (C=O) groups is 3. The minimum Gasteiger partial charge on any atom is -0.480 e. The highest BCUT2D eigenvalue weighted by Gasteiger charge is 2.32. The highest BCUT2D eigenvalue weighted by atomic mass is 19.2. The number of benzene rings is 1. The molecule has 0 saturated heterocycles. The maximum atomic E-state index is 13.8. The van der Waals surface area contributed by atoms with Gasteiger partial charge in [0.25, 0.3) is 5.91 Å². The molecule has 1 aromatic rings. The van der Waals surface area contributed by atoms with Crippen molar-refractivity contribution in [1.82, 2.24) is 10.2 Å². The second-order valence-corrected chi connectivity index (χ2v) is 6.85. The number of hydrogen-bond donors (Lipinski definition) is 2. The molecule has 0 unspecified atom stereocenters. The van der Waals surface area contributed by atoms with Crippen LogP contribution in [0.15, 0.2) is 0 Å². The van der Waals surface area contributed by atoms with Crippen LogP contribution in [0.25, 0.3) is 0 Å². The zero-order valence-electron chi connectivity index (χ0n) is 15.7. The third-order valence-electron chi connectivity index (χ3n) is 3.31. The number of rotatable bonds is 7. The van der Waals surface area contributed by atoms with Crippen molar-refractivity contribution in [3.63, 3.8) is 0 Å². The smallest absolute Gasteiger partial charge is 0.407 e. The Bertz CT molecular complexity index is 781. The fraction of sp³-hybridized carbons (Fsp3) is 0.471. The zero-order valence-corrected chi connectivity index (χ0v) is 15.7. The predicted molar refractivity (Wildman–Crippen MR) is 88.6 cm³/mol. The van der Waals surface area contributed by atoms with Gasteiger partial charge in [-0.2, -0.15) is 0 Å². The van der Waals surface area contributed by atoms with Gasteiger partial charge in [-0.25, -0.2) is 26.7 Å². The van der Waals surface area contributed by atoms with Gasteiger partial charge in [-0.1, -0.05) is 0 Å². The summed E-state index contributed by atoms with van der Waals surface area (Å²) in [6.45, 7) is 3.21. The van der Waals surface area contributed by atoms with Gasteiger partial charge in [0.05, 0.1) is 0 Å². The van der Waals surface area contributed by atoms with Crippen LogP contribution in [0.2, 0.25) is 0 Å². The third-order valence-corrected chi connectivity index (χ3v) is 3.31. The molecule has 2 amide bonds. The molecular weight excluding hydrogens is 407 g/mol. The Hall–Kier alpha value is -2.92. The number of alkyl carbamates (subject to hydrolysis) is 1. The lowest BCUT2D eigenvalue weighted by molar-refractivity contribution is -0.137. The molecule has 0 atom stereocenters. The van der Waals surface area contributed by atoms with Crippen LogP contribution >= 0.6 is 0 Å². The summed E-state index contributed by atoms with van der Waals surface area (Å²) in [6, 6.07) is 0. The van der Waals surface area contributed by atoms with E-state index in [0.717, 1.165) is 0 Å². The fourth-order valence-corrected chi connectivity index (χ4v) is 2.14. The average Bonchev–Trinajstić information content (AvgIpc) is 2.59. The van der Waals surface area contributed by atoms with E-state index in [1.165, 1.54) is 0 Å². The van der Waals surface area contributed by atoms with Crippen molar-refractivity contribution >= 4 is 18.0 Å². The molecule has 29 heavy (non-hydrogen) atoms. The Morgan fingerprint density at radius 2 is 1.45 bits per heavy atom. The van der Waals surface area contributed by atoms with Crippen molar-refractivity contribution in [2.24, 2.45) is 0 Å². The molecule has 162 valence electrons. The van der Waals surface area contributed by atoms with Crippen molar-refractivity contribution in [2.45, 2.75) is 32.8 Å². The highest BCUT2D eigenvalue weighted by Crippen LogP contribution is 2.24. The second kappa shape index (κ2) is 9.52. The van der Waals surface area contributed by atoms with Crippen molar-refractivity contribution in [1.29, 1.82) is 0 Å². The number of carbonyl (C=O) groups excluding carboxylic acids is 2. The first-order chi connectivity index (χ1) is 13.3. The Morgan fingerprint density at radius 3 is 1.90 bits per heavy atom. The summed E-state index contributed by atoms with van der Waals surface area (Å²) in [6.07, 6.45) is -0.887. The molecule has 0 aliphatic heterocycles. The molecule has 0 fully saturated rings. The largest absolute Gasteiger partial charge is 0.480 e. The summed E-state index contributed by atoms with van der Waals surface area (Å²) in [4.78, 5) is 35.1. The van der Waals surface area contributed by atoms with Crippen LogP contribution in [0.1, 0.15) is 37.6 Å². The van der Waals surface area contributed by atoms with Gasteiger partial charge in [-0.3, -0.25) is 9.59 Å². The number of nitrogens with zero attached hydrogens (tertiary/aromatic N) is 1. The SMILES string of the molecule is CC(C)(C)OC(=O)NCCCN(CC(=O)O)C(=O)c1c(F)c(F)c(F)c(F)c1F. The molecular formula is C17H19F5N2O5. The molecule has 0 saturated carbocycles. The lowest BCUT2D eigenvalue weighted by Crippen LogP contribution is -2.39. The molecule has 0 aromatic heterocycles. The minimum atomic E-state index is -2.44. The Balaban J connectivity index is 2.93. The van der Waals surface area contributed by atoms with Crippen LogP contribution < -0.4 is 5.32 Å². The first-order valence-electron chi connectivity index (χ1n) is 8.25. The normalized spacial score (nSPS) is 11.2. The van der Waals surface area contributed by atoms with Gasteiger partial charge in [0.1, 0.15) is 17.7 Å². The number of nitrogens with one attached hydrogen (secondary N) is 1. The maximum Gasteiger partial charge on any atom is 0.407 e. The average molecular weight is 426 g/mol. The summed E-state index contributed by atoms with van der Waals surface area (Å²) < 4.78 is 72.3. The van der Waals surface area contributed by atoms with E-state index < -0.39 is 71.3 Å². The molecule has 2 N–H and O–H groups in total. The number of amides is 2. The van der Waals surface area contributed by atoms with E-state index in [1.54, 1.807) is 20.8 Å². The molecule has 12 heteroatoms. The molecule has 0 bridgehead atoms. The Kier molecular flexibility index (Phi) is 7.92. The van der Waals surface area contributed by atoms with E-state index in [9.17, 15) is 36.3 Å². The summed E-state index contributed by atoms with van der Waals surface area (Å²) in [7, 11) is 0. The third kappa shape index (κ3) is 6.57. The predicted octanol–water partition coefficient (Wildman–Crippen LogP) is 2.82. The summed E-state index contributed by atoms with van der Waals surface area (Å²) >= 11 is 0. The molecule has 7 nitrogen and oxygen atoms in total. The van der Waals surface area contributed by atoms with Crippen LogP contribution in [-0.2, 0) is 9.53 Å². The molecule has 0 radical (unpaired) electrons. The van der Waals surface area contributed by atoms with E-state index in [2.05, 4.69) is 5.32 Å². The molecule has 0 aliphatic carbocycles. The highest BCUT2D eigenvalue weighted by molar-refractivity contribution is 5.96. The van der Waals surface area contributed by atoms with Crippen LogP contribution in [-0.4, -0.2) is 53.2 Å². The van der Waals surface area contributed by atoms with Gasteiger partial charge in [0, 0.05) is 13.1 Å². The lowest BCUT2D eigenvalue weighted by Gasteiger charge is -2.22. The van der Waals surface area contributed by atoms with Crippen molar-refractivity contribution in [2.75, 3.05) is 19.6 Å². The number of carboxylic acid groups (broad SMARTS) is 1. The van der Waals surface area contributed by atoms with E-state index in [0.29, 0.717) is 4.90 Å². The van der Waals surface area contributed by atoms with E-state index in [-0.39, 0.29) is 13.0 Å². The lowest BCUT2D eigenvalue weighted by atomic mass is 10.1. The summed E-state index contributed by atoms with van der Waals surface area (Å²) in [5.41, 5.74) is -2.54. The number of hydrogen-bond acceptors (Lipinski definition) is 4. The van der Waals surface area contributed by atoms with Crippen molar-refractivity contribution in [3.05, 3.63) is 34.6 Å². The van der Waals surface area contributed by atoms with Crippen LogP contribution in [0, 0.1) is 29.1 Å². The number of halogens is 5. The molecule has 0 aliphatic rings. The zero-order chi connectivity index (χ0) is 22.5. The molecule has 0 heterocycles. The topological polar surface area (TPSA) is 95.9 Å². The molecule has 1 rings (SSSR count). The van der Waals surface area contributed by atoms with E-state index in [1.807, 2.05) is 0 Å². The first-order valence-corrected chi connectivity index (χ1v) is 8.25.